The number of hydrogen-bond donors (Lipinski definition) is 2. The molecular formula is C17H14O3S. The Morgan fingerprint density at radius 1 is 0.857 bits per heavy atom. The van der Waals surface area contributed by atoms with Crippen LogP contribution in [-0.4, -0.2) is 16.2 Å². The van der Waals surface area contributed by atoms with Gasteiger partial charge < -0.3 is 10.2 Å². The molecular weight excluding hydrogens is 284 g/mol. The minimum absolute atomic E-state index is 0.328. The van der Waals surface area contributed by atoms with Crippen molar-refractivity contribution in [3.05, 3.63) is 77.0 Å². The number of benzene rings is 2. The fraction of sp³-hybridized carbons (Fsp3) is 0. The molecule has 3 rings (SSSR count). The molecule has 0 fully saturated rings. The maximum absolute atomic E-state index is 10.1. The average molecular weight is 298 g/mol. The molecule has 3 aromatic rings. The molecule has 0 spiro atoms. The zero-order valence-corrected chi connectivity index (χ0v) is 12.0. The van der Waals surface area contributed by atoms with Crippen molar-refractivity contribution < 1.29 is 15.0 Å². The summed E-state index contributed by atoms with van der Waals surface area (Å²) in [6.07, 6.45) is 0. The fourth-order valence-electron chi connectivity index (χ4n) is 1.74. The topological polar surface area (TPSA) is 57.5 Å². The van der Waals surface area contributed by atoms with Crippen LogP contribution in [0.4, 0.5) is 0 Å². The van der Waals surface area contributed by atoms with Crippen molar-refractivity contribution in [2.24, 2.45) is 0 Å². The Labute approximate surface area is 126 Å². The highest BCUT2D eigenvalue weighted by Crippen LogP contribution is 2.27. The summed E-state index contributed by atoms with van der Waals surface area (Å²) >= 11 is 1.23. The van der Waals surface area contributed by atoms with Gasteiger partial charge in [-0.3, -0.25) is 0 Å². The molecule has 2 aromatic carbocycles. The third-order valence-corrected chi connectivity index (χ3v) is 3.58. The highest BCUT2D eigenvalue weighted by molar-refractivity contribution is 7.11. The van der Waals surface area contributed by atoms with E-state index < -0.39 is 5.97 Å². The van der Waals surface area contributed by atoms with Crippen molar-refractivity contribution in [1.29, 1.82) is 0 Å². The van der Waals surface area contributed by atoms with Gasteiger partial charge in [0, 0.05) is 5.56 Å². The molecule has 2 N–H and O–H groups in total. The van der Waals surface area contributed by atoms with Crippen molar-refractivity contribution in [3.63, 3.8) is 0 Å². The molecule has 0 saturated heterocycles. The predicted molar refractivity (Wildman–Crippen MR) is 84.8 cm³/mol. The maximum atomic E-state index is 10.1. The standard InChI is InChI=1S/C12H10O.C5H4O2S/c13-12-9-5-4-8-11(12)10-6-2-1-3-7-10;6-5(7)4-2-1-3-8-4/h1-9,13H;1-3H,(H,6,7). The second-order valence-electron chi connectivity index (χ2n) is 4.17. The highest BCUT2D eigenvalue weighted by Gasteiger charge is 2.00. The number of carboxylic acid groups (broad SMARTS) is 1. The van der Waals surface area contributed by atoms with E-state index >= 15 is 0 Å². The number of hydrogen-bond acceptors (Lipinski definition) is 3. The van der Waals surface area contributed by atoms with Gasteiger partial charge in [0.05, 0.1) is 0 Å². The number of phenols is 1. The van der Waals surface area contributed by atoms with Gasteiger partial charge in [0.2, 0.25) is 0 Å². The van der Waals surface area contributed by atoms with Crippen molar-refractivity contribution >= 4 is 17.3 Å². The number of phenolic OH excluding ortho intramolecular Hbond substituents is 1. The zero-order valence-electron chi connectivity index (χ0n) is 11.1. The van der Waals surface area contributed by atoms with E-state index in [1.165, 1.54) is 11.3 Å². The summed E-state index contributed by atoms with van der Waals surface area (Å²) < 4.78 is 0. The normalized spacial score (nSPS) is 9.52. The van der Waals surface area contributed by atoms with Gasteiger partial charge in [-0.25, -0.2) is 4.79 Å². The summed E-state index contributed by atoms with van der Waals surface area (Å²) in [5, 5.41) is 19.6. The van der Waals surface area contributed by atoms with Crippen molar-refractivity contribution in [2.45, 2.75) is 0 Å². The molecule has 0 unspecified atom stereocenters. The van der Waals surface area contributed by atoms with E-state index in [2.05, 4.69) is 0 Å². The van der Waals surface area contributed by atoms with Crippen LogP contribution in [-0.2, 0) is 0 Å². The van der Waals surface area contributed by atoms with Gasteiger partial charge in [-0.2, -0.15) is 0 Å². The third kappa shape index (κ3) is 4.19. The molecule has 0 radical (unpaired) electrons. The van der Waals surface area contributed by atoms with Crippen LogP contribution in [0.3, 0.4) is 0 Å². The van der Waals surface area contributed by atoms with Crippen LogP contribution in [0.25, 0.3) is 11.1 Å². The number of carbonyl (C=O) groups is 1. The Balaban J connectivity index is 0.000000173. The van der Waals surface area contributed by atoms with Crippen LogP contribution >= 0.6 is 11.3 Å². The summed E-state index contributed by atoms with van der Waals surface area (Å²) in [5.41, 5.74) is 1.92. The van der Waals surface area contributed by atoms with E-state index in [4.69, 9.17) is 5.11 Å². The number of aromatic hydroxyl groups is 1. The summed E-state index contributed by atoms with van der Waals surface area (Å²) in [4.78, 5) is 10.5. The minimum atomic E-state index is -0.847. The molecule has 0 amide bonds. The molecule has 0 atom stereocenters. The molecule has 0 aliphatic carbocycles. The highest BCUT2D eigenvalue weighted by atomic mass is 32.1. The lowest BCUT2D eigenvalue weighted by molar-refractivity contribution is 0.0702. The summed E-state index contributed by atoms with van der Waals surface area (Å²) in [7, 11) is 0. The van der Waals surface area contributed by atoms with Gasteiger partial charge in [-0.1, -0.05) is 54.6 Å². The smallest absolute Gasteiger partial charge is 0.345 e. The van der Waals surface area contributed by atoms with Crippen molar-refractivity contribution in [2.75, 3.05) is 0 Å². The summed E-state index contributed by atoms with van der Waals surface area (Å²) in [6.45, 7) is 0. The van der Waals surface area contributed by atoms with Gasteiger partial charge in [-0.05, 0) is 23.1 Å². The van der Waals surface area contributed by atoms with Crippen molar-refractivity contribution in [3.8, 4) is 16.9 Å². The van der Waals surface area contributed by atoms with Crippen LogP contribution in [0.15, 0.2) is 72.1 Å². The van der Waals surface area contributed by atoms with Gasteiger partial charge in [-0.15, -0.1) is 11.3 Å². The van der Waals surface area contributed by atoms with E-state index in [1.54, 1.807) is 23.6 Å². The van der Waals surface area contributed by atoms with E-state index in [-0.39, 0.29) is 0 Å². The van der Waals surface area contributed by atoms with E-state index in [0.717, 1.165) is 11.1 Å². The predicted octanol–water partition coefficient (Wildman–Crippen LogP) is 4.51. The van der Waals surface area contributed by atoms with Gasteiger partial charge in [0.25, 0.3) is 0 Å². The number of carboxylic acids is 1. The molecule has 1 heterocycles. The lowest BCUT2D eigenvalue weighted by atomic mass is 10.1. The van der Waals surface area contributed by atoms with E-state index in [9.17, 15) is 9.90 Å². The Kier molecular flexibility index (Phi) is 5.12. The Morgan fingerprint density at radius 2 is 1.52 bits per heavy atom. The quantitative estimate of drug-likeness (QED) is 0.732. The third-order valence-electron chi connectivity index (χ3n) is 2.72. The summed E-state index contributed by atoms with van der Waals surface area (Å²) in [6, 6.07) is 20.5. The lowest BCUT2D eigenvalue weighted by Gasteiger charge is -2.02. The average Bonchev–Trinajstić information content (AvgIpc) is 3.04. The molecule has 3 nitrogen and oxygen atoms in total. The first-order valence-corrected chi connectivity index (χ1v) is 7.16. The molecule has 21 heavy (non-hydrogen) atoms. The first kappa shape index (κ1) is 14.8. The molecule has 0 aliphatic heterocycles. The molecule has 106 valence electrons. The van der Waals surface area contributed by atoms with Crippen LogP contribution < -0.4 is 0 Å². The fourth-order valence-corrected chi connectivity index (χ4v) is 2.30. The molecule has 1 aromatic heterocycles. The second kappa shape index (κ2) is 7.26. The molecule has 0 bridgehead atoms. The minimum Gasteiger partial charge on any atom is -0.507 e. The van der Waals surface area contributed by atoms with Crippen molar-refractivity contribution in [1.82, 2.24) is 0 Å². The van der Waals surface area contributed by atoms with Gasteiger partial charge in [0.15, 0.2) is 0 Å². The van der Waals surface area contributed by atoms with Gasteiger partial charge in [0.1, 0.15) is 10.6 Å². The molecule has 4 heteroatoms. The second-order valence-corrected chi connectivity index (χ2v) is 5.11. The monoisotopic (exact) mass is 298 g/mol. The van der Waals surface area contributed by atoms with E-state index in [1.807, 2.05) is 48.5 Å². The number of aromatic carboxylic acids is 1. The van der Waals surface area contributed by atoms with Gasteiger partial charge >= 0.3 is 5.97 Å². The van der Waals surface area contributed by atoms with Crippen LogP contribution in [0.5, 0.6) is 5.75 Å². The largest absolute Gasteiger partial charge is 0.507 e. The number of rotatable bonds is 2. The first-order chi connectivity index (χ1) is 10.2. The van der Waals surface area contributed by atoms with E-state index in [0.29, 0.717) is 10.6 Å². The van der Waals surface area contributed by atoms with Crippen LogP contribution in [0.2, 0.25) is 0 Å². The zero-order chi connectivity index (χ0) is 15.1. The Bertz CT molecular complexity index is 691. The Hall–Kier alpha value is -2.59. The first-order valence-electron chi connectivity index (χ1n) is 6.28. The lowest BCUT2D eigenvalue weighted by Crippen LogP contribution is -1.89. The Morgan fingerprint density at radius 3 is 2.05 bits per heavy atom. The maximum Gasteiger partial charge on any atom is 0.345 e. The molecule has 0 saturated carbocycles. The SMILES string of the molecule is O=C(O)c1cccs1.Oc1ccccc1-c1ccccc1. The molecule has 0 aliphatic rings. The van der Waals surface area contributed by atoms with Crippen LogP contribution in [0, 0.1) is 0 Å². The number of para-hydroxylation sites is 1. The number of thiophene rings is 1. The van der Waals surface area contributed by atoms with Crippen LogP contribution in [0.1, 0.15) is 9.67 Å². The summed E-state index contributed by atoms with van der Waals surface area (Å²) in [5.74, 6) is -0.520.